The Kier molecular flexibility index (Phi) is 3.32. The summed E-state index contributed by atoms with van der Waals surface area (Å²) in [5.41, 5.74) is 1.37. The third-order valence-electron chi connectivity index (χ3n) is 4.96. The molecule has 0 bridgehead atoms. The molecule has 1 heterocycles. The lowest BCUT2D eigenvalue weighted by Crippen LogP contribution is -2.54. The summed E-state index contributed by atoms with van der Waals surface area (Å²) in [4.78, 5) is 0.555. The Morgan fingerprint density at radius 2 is 2.10 bits per heavy atom. The fourth-order valence-electron chi connectivity index (χ4n) is 3.23. The van der Waals surface area contributed by atoms with Crippen LogP contribution in [0.15, 0.2) is 18.2 Å². The summed E-state index contributed by atoms with van der Waals surface area (Å²) < 4.78 is 12.4. The van der Waals surface area contributed by atoms with Crippen LogP contribution in [0.25, 0.3) is 0 Å². The fourth-order valence-corrected chi connectivity index (χ4v) is 4.19. The molecule has 0 aromatic heterocycles. The van der Waals surface area contributed by atoms with Gasteiger partial charge < -0.3 is 9.47 Å². The number of benzene rings is 1. The van der Waals surface area contributed by atoms with Crippen LogP contribution in [0.3, 0.4) is 0 Å². The predicted octanol–water partition coefficient (Wildman–Crippen LogP) is 4.73. The Hall–Kier alpha value is -0.700. The van der Waals surface area contributed by atoms with Gasteiger partial charge in [-0.15, -0.1) is 0 Å². The third kappa shape index (κ3) is 2.14. The fraction of sp³-hybridized carbons (Fsp3) is 0.647. The number of halogens is 1. The van der Waals surface area contributed by atoms with Gasteiger partial charge in [-0.1, -0.05) is 41.9 Å². The Bertz CT molecular complexity index is 526. The first-order chi connectivity index (χ1) is 9.36. The summed E-state index contributed by atoms with van der Waals surface area (Å²) in [6.07, 6.45) is 3.42. The van der Waals surface area contributed by atoms with Crippen LogP contribution in [-0.4, -0.2) is 16.5 Å². The molecule has 20 heavy (non-hydrogen) atoms. The minimum Gasteiger partial charge on any atom is -0.486 e. The van der Waals surface area contributed by atoms with Gasteiger partial charge in [0.1, 0.15) is 11.7 Å². The molecule has 3 rings (SSSR count). The van der Waals surface area contributed by atoms with E-state index in [0.29, 0.717) is 4.83 Å². The highest BCUT2D eigenvalue weighted by molar-refractivity contribution is 9.09. The van der Waals surface area contributed by atoms with E-state index in [2.05, 4.69) is 55.8 Å². The van der Waals surface area contributed by atoms with Crippen LogP contribution in [-0.2, 0) is 6.42 Å². The molecule has 1 aromatic rings. The molecule has 1 aliphatic carbocycles. The van der Waals surface area contributed by atoms with Crippen molar-refractivity contribution in [2.75, 3.05) is 0 Å². The average Bonchev–Trinajstić information content (AvgIpc) is 2.72. The highest BCUT2D eigenvalue weighted by Crippen LogP contribution is 2.52. The number of para-hydroxylation sites is 1. The quantitative estimate of drug-likeness (QED) is 0.741. The minimum atomic E-state index is -0.118. The van der Waals surface area contributed by atoms with Crippen molar-refractivity contribution in [1.29, 1.82) is 0 Å². The number of fused-ring (bicyclic) bond motifs is 1. The molecule has 3 atom stereocenters. The Labute approximate surface area is 130 Å². The van der Waals surface area contributed by atoms with Gasteiger partial charge >= 0.3 is 0 Å². The van der Waals surface area contributed by atoms with Gasteiger partial charge in [0.15, 0.2) is 11.5 Å². The number of hydrogen-bond acceptors (Lipinski definition) is 2. The van der Waals surface area contributed by atoms with Crippen molar-refractivity contribution in [2.24, 2.45) is 5.41 Å². The Morgan fingerprint density at radius 1 is 1.35 bits per heavy atom. The summed E-state index contributed by atoms with van der Waals surface area (Å²) in [6, 6.07) is 6.26. The summed E-state index contributed by atoms with van der Waals surface area (Å²) in [5.74, 6) is 1.87. The topological polar surface area (TPSA) is 18.5 Å². The van der Waals surface area contributed by atoms with Crippen molar-refractivity contribution in [2.45, 2.75) is 63.5 Å². The maximum atomic E-state index is 6.31. The average molecular weight is 339 g/mol. The minimum absolute atomic E-state index is 0.118. The number of ether oxygens (including phenoxy) is 2. The van der Waals surface area contributed by atoms with Gasteiger partial charge in [0.05, 0.1) is 0 Å². The maximum Gasteiger partial charge on any atom is 0.165 e. The molecule has 0 radical (unpaired) electrons. The second-order valence-corrected chi connectivity index (χ2v) is 8.06. The van der Waals surface area contributed by atoms with Crippen LogP contribution in [0.4, 0.5) is 0 Å². The first-order valence-corrected chi connectivity index (χ1v) is 8.39. The highest BCUT2D eigenvalue weighted by Gasteiger charge is 2.51. The molecule has 3 heteroatoms. The molecule has 0 amide bonds. The zero-order chi connectivity index (χ0) is 14.5. The van der Waals surface area contributed by atoms with Crippen molar-refractivity contribution in [3.8, 4) is 11.5 Å². The number of rotatable bonds is 3. The largest absolute Gasteiger partial charge is 0.486 e. The molecule has 0 saturated heterocycles. The van der Waals surface area contributed by atoms with Gasteiger partial charge in [-0.25, -0.2) is 0 Å². The van der Waals surface area contributed by atoms with Crippen LogP contribution in [0.5, 0.6) is 11.5 Å². The van der Waals surface area contributed by atoms with Crippen LogP contribution >= 0.6 is 15.9 Å². The Morgan fingerprint density at radius 3 is 2.75 bits per heavy atom. The highest BCUT2D eigenvalue weighted by atomic mass is 79.9. The van der Waals surface area contributed by atoms with Gasteiger partial charge in [0, 0.05) is 22.2 Å². The second-order valence-electron chi connectivity index (χ2n) is 6.95. The Balaban J connectivity index is 1.83. The van der Waals surface area contributed by atoms with E-state index in [1.165, 1.54) is 5.56 Å². The summed E-state index contributed by atoms with van der Waals surface area (Å²) in [5, 5.41) is 0. The van der Waals surface area contributed by atoms with Gasteiger partial charge in [-0.3, -0.25) is 0 Å². The number of alkyl halides is 1. The van der Waals surface area contributed by atoms with Crippen molar-refractivity contribution in [1.82, 2.24) is 0 Å². The molecule has 110 valence electrons. The van der Waals surface area contributed by atoms with E-state index >= 15 is 0 Å². The zero-order valence-corrected chi connectivity index (χ0v) is 14.3. The van der Waals surface area contributed by atoms with Crippen LogP contribution in [0, 0.1) is 5.41 Å². The molecule has 1 aromatic carbocycles. The first kappa shape index (κ1) is 14.2. The maximum absolute atomic E-state index is 6.31. The molecule has 2 nitrogen and oxygen atoms in total. The molecular weight excluding hydrogens is 316 g/mol. The van der Waals surface area contributed by atoms with Crippen molar-refractivity contribution in [3.05, 3.63) is 23.8 Å². The summed E-state index contributed by atoms with van der Waals surface area (Å²) in [7, 11) is 0. The van der Waals surface area contributed by atoms with Gasteiger partial charge in [0.25, 0.3) is 0 Å². The zero-order valence-electron chi connectivity index (χ0n) is 12.7. The normalized spacial score (nSPS) is 34.0. The van der Waals surface area contributed by atoms with E-state index in [1.54, 1.807) is 0 Å². The molecule has 2 aliphatic rings. The van der Waals surface area contributed by atoms with Crippen LogP contribution < -0.4 is 9.47 Å². The molecule has 1 saturated carbocycles. The van der Waals surface area contributed by atoms with E-state index in [9.17, 15) is 0 Å². The van der Waals surface area contributed by atoms with E-state index in [1.807, 2.05) is 6.07 Å². The van der Waals surface area contributed by atoms with Crippen LogP contribution in [0.1, 0.15) is 46.1 Å². The SMILES string of the molecule is CCC1(C)C(Br)CC1Oc1cccc2c1OC(C)(C)C2. The van der Waals surface area contributed by atoms with Crippen LogP contribution in [0.2, 0.25) is 0 Å². The lowest BCUT2D eigenvalue weighted by atomic mass is 9.65. The van der Waals surface area contributed by atoms with E-state index in [4.69, 9.17) is 9.47 Å². The van der Waals surface area contributed by atoms with E-state index < -0.39 is 0 Å². The molecule has 3 unspecified atom stereocenters. The van der Waals surface area contributed by atoms with Crippen molar-refractivity contribution >= 4 is 15.9 Å². The first-order valence-electron chi connectivity index (χ1n) is 7.47. The summed E-state index contributed by atoms with van der Waals surface area (Å²) in [6.45, 7) is 8.79. The monoisotopic (exact) mass is 338 g/mol. The van der Waals surface area contributed by atoms with E-state index in [-0.39, 0.29) is 17.1 Å². The number of hydrogen-bond donors (Lipinski definition) is 0. The van der Waals surface area contributed by atoms with E-state index in [0.717, 1.165) is 30.8 Å². The van der Waals surface area contributed by atoms with Crippen molar-refractivity contribution < 1.29 is 9.47 Å². The lowest BCUT2D eigenvalue weighted by molar-refractivity contribution is -0.0267. The van der Waals surface area contributed by atoms with Gasteiger partial charge in [-0.2, -0.15) is 0 Å². The van der Waals surface area contributed by atoms with Crippen molar-refractivity contribution in [3.63, 3.8) is 0 Å². The molecule has 1 fully saturated rings. The second kappa shape index (κ2) is 4.66. The van der Waals surface area contributed by atoms with Gasteiger partial charge in [-0.05, 0) is 32.8 Å². The molecule has 0 spiro atoms. The van der Waals surface area contributed by atoms with Gasteiger partial charge in [0.2, 0.25) is 0 Å². The molecular formula is C17H23BrO2. The standard InChI is InChI=1S/C17H23BrO2/c1-5-17(4)13(18)9-14(17)19-12-8-6-7-11-10-16(2,3)20-15(11)12/h6-8,13-14H,5,9-10H2,1-4H3. The third-order valence-corrected chi connectivity index (χ3v) is 6.38. The smallest absolute Gasteiger partial charge is 0.165 e. The predicted molar refractivity (Wildman–Crippen MR) is 85.0 cm³/mol. The molecule has 1 aliphatic heterocycles. The lowest BCUT2D eigenvalue weighted by Gasteiger charge is -2.50. The molecule has 0 N–H and O–H groups in total. The summed E-state index contributed by atoms with van der Waals surface area (Å²) >= 11 is 3.77.